The first-order valence-corrected chi connectivity index (χ1v) is 8.33. The molecule has 1 aromatic carbocycles. The number of hydrogen-bond acceptors (Lipinski definition) is 7. The van der Waals surface area contributed by atoms with Crippen molar-refractivity contribution in [2.24, 2.45) is 0 Å². The number of nitrogens with zero attached hydrogens (tertiary/aromatic N) is 5. The van der Waals surface area contributed by atoms with Crippen LogP contribution in [0.2, 0.25) is 0 Å². The lowest BCUT2D eigenvalue weighted by molar-refractivity contribution is -0.00119. The van der Waals surface area contributed by atoms with E-state index in [4.69, 9.17) is 14.0 Å². The summed E-state index contributed by atoms with van der Waals surface area (Å²) < 4.78 is 18.4. The molecular weight excluding hydrogens is 322 g/mol. The predicted octanol–water partition coefficient (Wildman–Crippen LogP) is 2.49. The van der Waals surface area contributed by atoms with E-state index in [9.17, 15) is 0 Å². The van der Waals surface area contributed by atoms with E-state index in [0.717, 1.165) is 35.7 Å². The van der Waals surface area contributed by atoms with Crippen molar-refractivity contribution in [2.75, 3.05) is 7.11 Å². The van der Waals surface area contributed by atoms with Gasteiger partial charge in [-0.05, 0) is 30.5 Å². The average molecular weight is 339 g/mol. The van der Waals surface area contributed by atoms with E-state index in [-0.39, 0.29) is 6.10 Å². The van der Waals surface area contributed by atoms with Gasteiger partial charge in [0, 0.05) is 5.92 Å². The Morgan fingerprint density at radius 3 is 2.80 bits per heavy atom. The lowest BCUT2D eigenvalue weighted by atomic mass is 10.1. The fraction of sp³-hybridized carbons (Fsp3) is 0.412. The van der Waals surface area contributed by atoms with Crippen LogP contribution in [0.25, 0.3) is 11.6 Å². The largest absolute Gasteiger partial charge is 0.497 e. The molecule has 1 fully saturated rings. The summed E-state index contributed by atoms with van der Waals surface area (Å²) in [4.78, 5) is 4.46. The number of methoxy groups -OCH3 is 1. The highest BCUT2D eigenvalue weighted by molar-refractivity contribution is 5.50. The second kappa shape index (κ2) is 5.66. The maximum Gasteiger partial charge on any atom is 0.280 e. The van der Waals surface area contributed by atoms with Gasteiger partial charge in [0.1, 0.15) is 11.9 Å². The normalized spacial score (nSPS) is 19.6. The highest BCUT2D eigenvalue weighted by atomic mass is 16.5. The molecule has 2 aliphatic rings. The third-order valence-corrected chi connectivity index (χ3v) is 4.67. The number of fused-ring (bicyclic) bond motifs is 1. The Hall–Kier alpha value is -2.74. The summed E-state index contributed by atoms with van der Waals surface area (Å²) in [6.45, 7) is 0.998. The van der Waals surface area contributed by atoms with Crippen LogP contribution in [-0.4, -0.2) is 32.2 Å². The Kier molecular flexibility index (Phi) is 3.30. The highest BCUT2D eigenvalue weighted by Gasteiger charge is 2.31. The van der Waals surface area contributed by atoms with Crippen molar-refractivity contribution in [3.8, 4) is 17.3 Å². The Labute approximate surface area is 143 Å². The van der Waals surface area contributed by atoms with E-state index in [1.807, 2.05) is 28.9 Å². The van der Waals surface area contributed by atoms with Crippen LogP contribution in [0.1, 0.15) is 41.9 Å². The third kappa shape index (κ3) is 2.58. The molecule has 0 radical (unpaired) electrons. The van der Waals surface area contributed by atoms with Crippen LogP contribution < -0.4 is 4.74 Å². The van der Waals surface area contributed by atoms with Gasteiger partial charge >= 0.3 is 0 Å². The minimum Gasteiger partial charge on any atom is -0.497 e. The quantitative estimate of drug-likeness (QED) is 0.721. The Morgan fingerprint density at radius 1 is 1.20 bits per heavy atom. The zero-order chi connectivity index (χ0) is 16.8. The number of benzene rings is 1. The van der Waals surface area contributed by atoms with Crippen LogP contribution in [0.15, 0.2) is 28.8 Å². The fourth-order valence-corrected chi connectivity index (χ4v) is 3.04. The molecule has 1 atom stereocenters. The molecule has 0 spiro atoms. The number of rotatable bonds is 4. The van der Waals surface area contributed by atoms with Crippen LogP contribution in [0, 0.1) is 0 Å². The first kappa shape index (κ1) is 14.6. The summed E-state index contributed by atoms with van der Waals surface area (Å²) in [5.41, 5.74) is 2.57. The molecule has 1 aliphatic heterocycles. The molecule has 8 nitrogen and oxygen atoms in total. The van der Waals surface area contributed by atoms with Gasteiger partial charge in [-0.1, -0.05) is 22.5 Å². The molecule has 8 heteroatoms. The number of hydrogen-bond donors (Lipinski definition) is 0. The molecule has 2 aromatic heterocycles. The third-order valence-electron chi connectivity index (χ3n) is 4.67. The standard InChI is InChI=1S/C17H17N5O3/c1-23-12-6-4-10(5-7-12)14-8-22-13(9-24-14)15(19-21-22)17-18-16(20-25-17)11-2-3-11/h4-7,11,14H,2-3,8-9H2,1H3/t14-/m1/s1. The van der Waals surface area contributed by atoms with Crippen LogP contribution in [0.5, 0.6) is 5.75 Å². The predicted molar refractivity (Wildman–Crippen MR) is 85.8 cm³/mol. The minimum absolute atomic E-state index is 0.0716. The van der Waals surface area contributed by atoms with E-state index < -0.39 is 0 Å². The summed E-state index contributed by atoms with van der Waals surface area (Å²) in [5, 5.41) is 12.5. The van der Waals surface area contributed by atoms with E-state index in [1.165, 1.54) is 0 Å². The average Bonchev–Trinajstić information content (AvgIpc) is 3.25. The molecule has 0 saturated heterocycles. The first-order chi connectivity index (χ1) is 12.3. The van der Waals surface area contributed by atoms with E-state index in [1.54, 1.807) is 7.11 Å². The van der Waals surface area contributed by atoms with Crippen molar-refractivity contribution in [3.63, 3.8) is 0 Å². The van der Waals surface area contributed by atoms with Gasteiger partial charge < -0.3 is 14.0 Å². The fourth-order valence-electron chi connectivity index (χ4n) is 3.04. The van der Waals surface area contributed by atoms with Gasteiger partial charge in [-0.2, -0.15) is 4.98 Å². The zero-order valence-electron chi connectivity index (χ0n) is 13.8. The molecule has 3 aromatic rings. The second-order valence-corrected chi connectivity index (χ2v) is 6.37. The maximum atomic E-state index is 6.02. The van der Waals surface area contributed by atoms with E-state index >= 15 is 0 Å². The minimum atomic E-state index is -0.0716. The lowest BCUT2D eigenvalue weighted by Crippen LogP contribution is -2.22. The highest BCUT2D eigenvalue weighted by Crippen LogP contribution is 2.39. The molecule has 1 saturated carbocycles. The van der Waals surface area contributed by atoms with Crippen molar-refractivity contribution >= 4 is 0 Å². The molecule has 0 unspecified atom stereocenters. The first-order valence-electron chi connectivity index (χ1n) is 8.33. The molecule has 3 heterocycles. The van der Waals surface area contributed by atoms with Crippen molar-refractivity contribution < 1.29 is 14.0 Å². The lowest BCUT2D eigenvalue weighted by Gasteiger charge is -2.24. The molecule has 0 N–H and O–H groups in total. The van der Waals surface area contributed by atoms with Gasteiger partial charge in [0.15, 0.2) is 11.5 Å². The molecule has 1 aliphatic carbocycles. The van der Waals surface area contributed by atoms with Crippen molar-refractivity contribution in [1.82, 2.24) is 25.1 Å². The Balaban J connectivity index is 1.39. The van der Waals surface area contributed by atoms with Crippen LogP contribution >= 0.6 is 0 Å². The van der Waals surface area contributed by atoms with Crippen molar-refractivity contribution in [1.29, 1.82) is 0 Å². The molecule has 5 rings (SSSR count). The van der Waals surface area contributed by atoms with E-state index in [0.29, 0.717) is 30.7 Å². The summed E-state index contributed by atoms with van der Waals surface area (Å²) in [5.74, 6) is 2.46. The Bertz CT molecular complexity index is 897. The van der Waals surface area contributed by atoms with Crippen molar-refractivity contribution in [2.45, 2.75) is 38.0 Å². The second-order valence-electron chi connectivity index (χ2n) is 6.37. The summed E-state index contributed by atoms with van der Waals surface area (Å²) in [7, 11) is 1.65. The van der Waals surface area contributed by atoms with Crippen LogP contribution in [0.3, 0.4) is 0 Å². The van der Waals surface area contributed by atoms with Crippen molar-refractivity contribution in [3.05, 3.63) is 41.3 Å². The van der Waals surface area contributed by atoms with Gasteiger partial charge in [-0.25, -0.2) is 4.68 Å². The van der Waals surface area contributed by atoms with Crippen LogP contribution in [0.4, 0.5) is 0 Å². The summed E-state index contributed by atoms with van der Waals surface area (Å²) >= 11 is 0. The van der Waals surface area contributed by atoms with Crippen LogP contribution in [-0.2, 0) is 17.9 Å². The molecule has 0 bridgehead atoms. The number of aromatic nitrogens is 5. The molecular formula is C17H17N5O3. The summed E-state index contributed by atoms with van der Waals surface area (Å²) in [6.07, 6.45) is 2.19. The molecule has 0 amide bonds. The monoisotopic (exact) mass is 339 g/mol. The maximum absolute atomic E-state index is 6.02. The van der Waals surface area contributed by atoms with Gasteiger partial charge in [0.25, 0.3) is 5.89 Å². The van der Waals surface area contributed by atoms with Gasteiger partial charge in [0.05, 0.1) is 26.0 Å². The smallest absolute Gasteiger partial charge is 0.280 e. The topological polar surface area (TPSA) is 88.1 Å². The van der Waals surface area contributed by atoms with Gasteiger partial charge in [-0.15, -0.1) is 5.10 Å². The number of ether oxygens (including phenoxy) is 2. The Morgan fingerprint density at radius 2 is 2.04 bits per heavy atom. The van der Waals surface area contributed by atoms with Gasteiger partial charge in [0.2, 0.25) is 0 Å². The van der Waals surface area contributed by atoms with E-state index in [2.05, 4.69) is 20.5 Å². The van der Waals surface area contributed by atoms with Gasteiger partial charge in [-0.3, -0.25) is 0 Å². The SMILES string of the molecule is COc1ccc([C@H]2Cn3nnc(-c4nc(C5CC5)no4)c3CO2)cc1. The molecule has 25 heavy (non-hydrogen) atoms. The molecule has 128 valence electrons. The zero-order valence-corrected chi connectivity index (χ0v) is 13.8. The summed E-state index contributed by atoms with van der Waals surface area (Å²) in [6, 6.07) is 7.87.